The van der Waals surface area contributed by atoms with Gasteiger partial charge in [0.1, 0.15) is 0 Å². The molecule has 20 heavy (non-hydrogen) atoms. The lowest BCUT2D eigenvalue weighted by Crippen LogP contribution is -2.43. The summed E-state index contributed by atoms with van der Waals surface area (Å²) in [6, 6.07) is 7.53. The predicted octanol–water partition coefficient (Wildman–Crippen LogP) is 2.31. The normalized spacial score (nSPS) is 28.2. The molecule has 1 N–H and O–H groups in total. The molecule has 1 saturated carbocycles. The molecule has 0 heterocycles. The first-order valence-corrected chi connectivity index (χ1v) is 8.38. The number of sulfonamides is 1. The Morgan fingerprint density at radius 3 is 2.80 bits per heavy atom. The topological polar surface area (TPSA) is 49.4 Å². The van der Waals surface area contributed by atoms with Gasteiger partial charge in [0, 0.05) is 31.7 Å². The number of nitrogens with one attached hydrogen (secondary N) is 1. The summed E-state index contributed by atoms with van der Waals surface area (Å²) in [7, 11) is -0.260. The van der Waals surface area contributed by atoms with Crippen molar-refractivity contribution in [3.05, 3.63) is 36.4 Å². The molecule has 3 unspecified atom stereocenters. The Bertz CT molecular complexity index is 637. The Kier molecular flexibility index (Phi) is 3.34. The zero-order chi connectivity index (χ0) is 14.3. The fraction of sp³-hybridized carbons (Fsp3) is 0.467. The number of allylic oxidation sites excluding steroid dienone is 1. The van der Waals surface area contributed by atoms with Crippen molar-refractivity contribution in [2.75, 3.05) is 19.4 Å². The van der Waals surface area contributed by atoms with Crippen molar-refractivity contribution in [1.29, 1.82) is 0 Å². The maximum Gasteiger partial charge on any atom is 0.242 e. The van der Waals surface area contributed by atoms with Crippen LogP contribution < -0.4 is 5.32 Å². The molecule has 2 aliphatic carbocycles. The third kappa shape index (κ3) is 2.25. The Balaban J connectivity index is 1.77. The maximum absolute atomic E-state index is 12.1. The minimum atomic E-state index is -3.36. The number of hydrogen-bond acceptors (Lipinski definition) is 3. The van der Waals surface area contributed by atoms with Gasteiger partial charge in [-0.2, -0.15) is 0 Å². The highest BCUT2D eigenvalue weighted by molar-refractivity contribution is 7.89. The van der Waals surface area contributed by atoms with Gasteiger partial charge in [0.15, 0.2) is 0 Å². The molecule has 0 spiro atoms. The van der Waals surface area contributed by atoms with Crippen LogP contribution in [0, 0.1) is 11.8 Å². The molecular weight excluding hydrogens is 272 g/mol. The van der Waals surface area contributed by atoms with E-state index in [2.05, 4.69) is 17.5 Å². The molecule has 0 radical (unpaired) electrons. The monoisotopic (exact) mass is 292 g/mol. The minimum absolute atomic E-state index is 0.338. The molecule has 5 heteroatoms. The van der Waals surface area contributed by atoms with Crippen LogP contribution in [0.2, 0.25) is 0 Å². The van der Waals surface area contributed by atoms with Gasteiger partial charge in [-0.25, -0.2) is 12.7 Å². The zero-order valence-electron chi connectivity index (χ0n) is 11.8. The molecule has 0 aromatic heterocycles. The first kappa shape index (κ1) is 13.6. The van der Waals surface area contributed by atoms with Gasteiger partial charge in [-0.3, -0.25) is 0 Å². The third-order valence-electron chi connectivity index (χ3n) is 4.33. The number of benzene rings is 1. The van der Waals surface area contributed by atoms with Crippen LogP contribution in [0.1, 0.15) is 12.8 Å². The van der Waals surface area contributed by atoms with E-state index >= 15 is 0 Å². The second kappa shape index (κ2) is 4.90. The Morgan fingerprint density at radius 2 is 2.10 bits per heavy atom. The highest BCUT2D eigenvalue weighted by Gasteiger charge is 2.40. The third-order valence-corrected chi connectivity index (χ3v) is 6.14. The lowest BCUT2D eigenvalue weighted by atomic mass is 9.71. The molecule has 3 rings (SSSR count). The molecule has 1 aromatic rings. The van der Waals surface area contributed by atoms with Crippen molar-refractivity contribution >= 4 is 15.7 Å². The van der Waals surface area contributed by atoms with E-state index in [4.69, 9.17) is 0 Å². The van der Waals surface area contributed by atoms with E-state index in [0.717, 1.165) is 11.6 Å². The van der Waals surface area contributed by atoms with Crippen molar-refractivity contribution in [3.63, 3.8) is 0 Å². The number of hydrogen-bond donors (Lipinski definition) is 1. The molecule has 2 aliphatic rings. The Labute approximate surface area is 120 Å². The molecular formula is C15H20N2O2S. The maximum atomic E-state index is 12.1. The second-order valence-corrected chi connectivity index (χ2v) is 7.95. The first-order chi connectivity index (χ1) is 9.48. The van der Waals surface area contributed by atoms with Crippen LogP contribution >= 0.6 is 0 Å². The average Bonchev–Trinajstić information content (AvgIpc) is 2.77. The van der Waals surface area contributed by atoms with Crippen LogP contribution in [0.3, 0.4) is 0 Å². The van der Waals surface area contributed by atoms with Gasteiger partial charge < -0.3 is 5.32 Å². The molecule has 0 bridgehead atoms. The minimum Gasteiger partial charge on any atom is -0.382 e. The number of fused-ring (bicyclic) bond motifs is 1. The fourth-order valence-electron chi connectivity index (χ4n) is 3.05. The van der Waals surface area contributed by atoms with Crippen LogP contribution in [0.15, 0.2) is 41.3 Å². The summed E-state index contributed by atoms with van der Waals surface area (Å²) in [4.78, 5) is 0.338. The van der Waals surface area contributed by atoms with E-state index in [-0.39, 0.29) is 0 Å². The van der Waals surface area contributed by atoms with Gasteiger partial charge in [0.05, 0.1) is 4.90 Å². The van der Waals surface area contributed by atoms with Crippen molar-refractivity contribution in [2.24, 2.45) is 11.8 Å². The fourth-order valence-corrected chi connectivity index (χ4v) is 4.00. The summed E-state index contributed by atoms with van der Waals surface area (Å²) in [5.74, 6) is 1.41. The SMILES string of the molecule is CN(C)S(=O)(=O)c1cccc(NC2CC3CC=CC32)c1. The van der Waals surface area contributed by atoms with E-state index in [1.165, 1.54) is 17.1 Å². The van der Waals surface area contributed by atoms with E-state index in [0.29, 0.717) is 16.9 Å². The van der Waals surface area contributed by atoms with Crippen molar-refractivity contribution in [2.45, 2.75) is 23.8 Å². The Morgan fingerprint density at radius 1 is 1.30 bits per heavy atom. The highest BCUT2D eigenvalue weighted by atomic mass is 32.2. The quantitative estimate of drug-likeness (QED) is 0.866. The van der Waals surface area contributed by atoms with E-state index in [1.807, 2.05) is 6.07 Å². The van der Waals surface area contributed by atoms with Gasteiger partial charge in [-0.05, 0) is 37.0 Å². The van der Waals surface area contributed by atoms with E-state index in [9.17, 15) is 8.42 Å². The summed E-state index contributed by atoms with van der Waals surface area (Å²) in [5, 5.41) is 3.47. The van der Waals surface area contributed by atoms with Crippen molar-refractivity contribution in [1.82, 2.24) is 4.31 Å². The van der Waals surface area contributed by atoms with Crippen molar-refractivity contribution in [3.8, 4) is 0 Å². The van der Waals surface area contributed by atoms with Crippen LogP contribution in [-0.4, -0.2) is 32.9 Å². The van der Waals surface area contributed by atoms with Gasteiger partial charge >= 0.3 is 0 Å². The van der Waals surface area contributed by atoms with E-state index < -0.39 is 10.0 Å². The summed E-state index contributed by atoms with van der Waals surface area (Å²) >= 11 is 0. The predicted molar refractivity (Wildman–Crippen MR) is 80.1 cm³/mol. The van der Waals surface area contributed by atoms with E-state index in [1.54, 1.807) is 32.3 Å². The number of rotatable bonds is 4. The Hall–Kier alpha value is -1.33. The highest BCUT2D eigenvalue weighted by Crippen LogP contribution is 2.44. The summed E-state index contributed by atoms with van der Waals surface area (Å²) in [6.45, 7) is 0. The standard InChI is InChI=1S/C15H20N2O2S/c1-17(2)20(18,19)13-7-4-6-12(10-13)16-15-9-11-5-3-8-14(11)15/h3-4,6-8,10-11,14-16H,5,9H2,1-2H3. The molecule has 1 aromatic carbocycles. The lowest BCUT2D eigenvalue weighted by molar-refractivity contribution is 0.218. The molecule has 108 valence electrons. The van der Waals surface area contributed by atoms with Crippen LogP contribution in [0.5, 0.6) is 0 Å². The second-order valence-electron chi connectivity index (χ2n) is 5.80. The van der Waals surface area contributed by atoms with Gasteiger partial charge in [-0.1, -0.05) is 18.2 Å². The molecule has 0 aliphatic heterocycles. The lowest BCUT2D eigenvalue weighted by Gasteiger charge is -2.41. The van der Waals surface area contributed by atoms with Gasteiger partial charge in [-0.15, -0.1) is 0 Å². The average molecular weight is 292 g/mol. The van der Waals surface area contributed by atoms with Crippen LogP contribution in [-0.2, 0) is 10.0 Å². The van der Waals surface area contributed by atoms with Crippen molar-refractivity contribution < 1.29 is 8.42 Å². The van der Waals surface area contributed by atoms with Gasteiger partial charge in [0.25, 0.3) is 0 Å². The largest absolute Gasteiger partial charge is 0.382 e. The summed E-state index contributed by atoms with van der Waals surface area (Å²) in [6.07, 6.45) is 6.90. The number of nitrogens with zero attached hydrogens (tertiary/aromatic N) is 1. The van der Waals surface area contributed by atoms with Crippen LogP contribution in [0.25, 0.3) is 0 Å². The van der Waals surface area contributed by atoms with Crippen LogP contribution in [0.4, 0.5) is 5.69 Å². The molecule has 4 nitrogen and oxygen atoms in total. The first-order valence-electron chi connectivity index (χ1n) is 6.94. The molecule has 0 amide bonds. The van der Waals surface area contributed by atoms with Gasteiger partial charge in [0.2, 0.25) is 10.0 Å². The number of anilines is 1. The smallest absolute Gasteiger partial charge is 0.242 e. The summed E-state index contributed by atoms with van der Waals surface area (Å²) in [5.41, 5.74) is 0.886. The molecule has 3 atom stereocenters. The molecule has 1 fully saturated rings. The molecule has 0 saturated heterocycles. The zero-order valence-corrected chi connectivity index (χ0v) is 12.6. The summed E-state index contributed by atoms with van der Waals surface area (Å²) < 4.78 is 25.5.